The molecule has 0 spiro atoms. The van der Waals surface area contributed by atoms with Gasteiger partial charge >= 0.3 is 0 Å². The Morgan fingerprint density at radius 1 is 1.41 bits per heavy atom. The third kappa shape index (κ3) is 2.16. The van der Waals surface area contributed by atoms with Crippen LogP contribution in [0.4, 0.5) is 0 Å². The zero-order valence-electron chi connectivity index (χ0n) is 10.9. The number of H-pyrrole nitrogens is 1. The molecule has 0 aliphatic rings. The first kappa shape index (κ1) is 12.4. The lowest BCUT2D eigenvalue weighted by Gasteiger charge is -2.06. The number of aryl methyl sites for hydroxylation is 3. The normalized spacial score (nSPS) is 11.8. The molecule has 94 valence electrons. The summed E-state index contributed by atoms with van der Waals surface area (Å²) in [6, 6.07) is 0. The van der Waals surface area contributed by atoms with E-state index in [1.165, 1.54) is 0 Å². The molecule has 0 aromatic carbocycles. The highest BCUT2D eigenvalue weighted by Gasteiger charge is 2.13. The van der Waals surface area contributed by atoms with Crippen LogP contribution in [-0.2, 0) is 20.0 Å². The first-order valence-electron chi connectivity index (χ1n) is 6.19. The van der Waals surface area contributed by atoms with E-state index in [0.29, 0.717) is 5.92 Å². The summed E-state index contributed by atoms with van der Waals surface area (Å²) in [5.74, 6) is 0.681. The van der Waals surface area contributed by atoms with Crippen molar-refractivity contribution >= 4 is 23.4 Å². The number of hydrogen-bond donors (Lipinski definition) is 1. The summed E-state index contributed by atoms with van der Waals surface area (Å²) in [6.07, 6.45) is 2.06. The van der Waals surface area contributed by atoms with E-state index in [-0.39, 0.29) is 0 Å². The highest BCUT2D eigenvalue weighted by molar-refractivity contribution is 7.71. The van der Waals surface area contributed by atoms with Gasteiger partial charge in [0.05, 0.1) is 5.69 Å². The van der Waals surface area contributed by atoms with Crippen LogP contribution in [0, 0.1) is 10.7 Å². The first-order valence-corrected chi connectivity index (χ1v) is 6.59. The minimum atomic E-state index is 0.681. The summed E-state index contributed by atoms with van der Waals surface area (Å²) >= 11 is 5.39. The summed E-state index contributed by atoms with van der Waals surface area (Å²) in [7, 11) is 1.98. The standard InChI is InChI=1S/C12H20N4S/c1-5-9-10-11(15(4)14-9)16(12(17)13-10)7-6-8(2)3/h8H,5-7H2,1-4H3,(H,13,17). The number of nitrogens with one attached hydrogen (secondary N) is 1. The maximum Gasteiger partial charge on any atom is 0.179 e. The Bertz CT molecular complexity index is 573. The summed E-state index contributed by atoms with van der Waals surface area (Å²) in [5.41, 5.74) is 3.31. The molecule has 0 bridgehead atoms. The molecule has 17 heavy (non-hydrogen) atoms. The fraction of sp³-hybridized carbons (Fsp3) is 0.667. The number of fused-ring (bicyclic) bond motifs is 1. The molecule has 0 amide bonds. The van der Waals surface area contributed by atoms with Crippen molar-refractivity contribution in [2.24, 2.45) is 13.0 Å². The van der Waals surface area contributed by atoms with Gasteiger partial charge in [-0.05, 0) is 31.0 Å². The van der Waals surface area contributed by atoms with Gasteiger partial charge in [0.1, 0.15) is 5.52 Å². The van der Waals surface area contributed by atoms with E-state index in [9.17, 15) is 0 Å². The van der Waals surface area contributed by atoms with Gasteiger partial charge in [-0.25, -0.2) is 0 Å². The molecule has 2 rings (SSSR count). The Morgan fingerprint density at radius 3 is 2.71 bits per heavy atom. The highest BCUT2D eigenvalue weighted by atomic mass is 32.1. The summed E-state index contributed by atoms with van der Waals surface area (Å²) in [4.78, 5) is 3.29. The molecule has 0 fully saturated rings. The second-order valence-corrected chi connectivity index (χ2v) is 5.27. The Balaban J connectivity index is 2.51. The van der Waals surface area contributed by atoms with Gasteiger partial charge < -0.3 is 9.55 Å². The van der Waals surface area contributed by atoms with Gasteiger partial charge in [0.2, 0.25) is 0 Å². The van der Waals surface area contributed by atoms with Crippen LogP contribution < -0.4 is 0 Å². The number of rotatable bonds is 4. The van der Waals surface area contributed by atoms with Gasteiger partial charge in [-0.15, -0.1) is 0 Å². The van der Waals surface area contributed by atoms with Crippen molar-refractivity contribution in [2.45, 2.75) is 40.2 Å². The molecule has 1 N–H and O–H groups in total. The molecule has 0 saturated heterocycles. The Hall–Kier alpha value is -1.10. The smallest absolute Gasteiger partial charge is 0.179 e. The average molecular weight is 252 g/mol. The lowest BCUT2D eigenvalue weighted by atomic mass is 10.1. The van der Waals surface area contributed by atoms with Crippen LogP contribution in [0.3, 0.4) is 0 Å². The predicted molar refractivity (Wildman–Crippen MR) is 72.7 cm³/mol. The number of hydrogen-bond acceptors (Lipinski definition) is 2. The SMILES string of the molecule is CCc1nn(C)c2c1[nH]c(=S)n2CCC(C)C. The van der Waals surface area contributed by atoms with E-state index in [0.717, 1.165) is 41.0 Å². The predicted octanol–water partition coefficient (Wildman–Crippen LogP) is 3.04. The van der Waals surface area contributed by atoms with Crippen molar-refractivity contribution in [3.8, 4) is 0 Å². The third-order valence-corrected chi connectivity index (χ3v) is 3.41. The molecule has 0 aliphatic heterocycles. The van der Waals surface area contributed by atoms with Crippen LogP contribution in [0.15, 0.2) is 0 Å². The summed E-state index contributed by atoms with van der Waals surface area (Å²) in [5, 5.41) is 4.52. The van der Waals surface area contributed by atoms with E-state index in [1.807, 2.05) is 11.7 Å². The summed E-state index contributed by atoms with van der Waals surface area (Å²) in [6.45, 7) is 7.53. The van der Waals surface area contributed by atoms with Crippen LogP contribution in [-0.4, -0.2) is 19.3 Å². The van der Waals surface area contributed by atoms with Gasteiger partial charge in [0.15, 0.2) is 10.4 Å². The van der Waals surface area contributed by atoms with Crippen molar-refractivity contribution in [3.63, 3.8) is 0 Å². The van der Waals surface area contributed by atoms with E-state index in [2.05, 4.69) is 35.4 Å². The van der Waals surface area contributed by atoms with E-state index in [4.69, 9.17) is 12.2 Å². The summed E-state index contributed by atoms with van der Waals surface area (Å²) < 4.78 is 4.90. The topological polar surface area (TPSA) is 38.5 Å². The minimum absolute atomic E-state index is 0.681. The molecule has 0 aliphatic carbocycles. The van der Waals surface area contributed by atoms with Crippen LogP contribution in [0.1, 0.15) is 32.9 Å². The van der Waals surface area contributed by atoms with Crippen LogP contribution in [0.2, 0.25) is 0 Å². The van der Waals surface area contributed by atoms with E-state index in [1.54, 1.807) is 0 Å². The lowest BCUT2D eigenvalue weighted by molar-refractivity contribution is 0.514. The lowest BCUT2D eigenvalue weighted by Crippen LogP contribution is -2.05. The number of nitrogens with zero attached hydrogens (tertiary/aromatic N) is 3. The van der Waals surface area contributed by atoms with Crippen LogP contribution in [0.25, 0.3) is 11.2 Å². The molecular weight excluding hydrogens is 232 g/mol. The van der Waals surface area contributed by atoms with Crippen molar-refractivity contribution in [1.29, 1.82) is 0 Å². The Labute approximate surface area is 107 Å². The van der Waals surface area contributed by atoms with Gasteiger partial charge in [-0.1, -0.05) is 20.8 Å². The zero-order chi connectivity index (χ0) is 12.6. The molecule has 2 heterocycles. The molecule has 4 nitrogen and oxygen atoms in total. The van der Waals surface area contributed by atoms with E-state index >= 15 is 0 Å². The average Bonchev–Trinajstić information content (AvgIpc) is 2.73. The van der Waals surface area contributed by atoms with Crippen molar-refractivity contribution in [1.82, 2.24) is 19.3 Å². The van der Waals surface area contributed by atoms with Gasteiger partial charge in [0, 0.05) is 13.6 Å². The van der Waals surface area contributed by atoms with Gasteiger partial charge in [-0.2, -0.15) is 5.10 Å². The molecule has 0 atom stereocenters. The van der Waals surface area contributed by atoms with Gasteiger partial charge in [0.25, 0.3) is 0 Å². The Morgan fingerprint density at radius 2 is 2.12 bits per heavy atom. The largest absolute Gasteiger partial charge is 0.328 e. The number of aromatic nitrogens is 4. The van der Waals surface area contributed by atoms with Crippen LogP contribution >= 0.6 is 12.2 Å². The quantitative estimate of drug-likeness (QED) is 0.849. The van der Waals surface area contributed by atoms with E-state index < -0.39 is 0 Å². The number of imidazole rings is 1. The van der Waals surface area contributed by atoms with Gasteiger partial charge in [-0.3, -0.25) is 4.68 Å². The second kappa shape index (κ2) is 4.64. The fourth-order valence-electron chi connectivity index (χ4n) is 2.12. The minimum Gasteiger partial charge on any atom is -0.328 e. The van der Waals surface area contributed by atoms with Crippen molar-refractivity contribution < 1.29 is 0 Å². The molecule has 0 radical (unpaired) electrons. The maximum atomic E-state index is 5.39. The zero-order valence-corrected chi connectivity index (χ0v) is 11.8. The number of aromatic amines is 1. The monoisotopic (exact) mass is 252 g/mol. The molecule has 2 aromatic rings. The van der Waals surface area contributed by atoms with Crippen LogP contribution in [0.5, 0.6) is 0 Å². The third-order valence-electron chi connectivity index (χ3n) is 3.09. The molecule has 5 heteroatoms. The second-order valence-electron chi connectivity index (χ2n) is 4.89. The fourth-order valence-corrected chi connectivity index (χ4v) is 2.40. The first-order chi connectivity index (χ1) is 8.04. The van der Waals surface area contributed by atoms with Crippen molar-refractivity contribution in [3.05, 3.63) is 10.5 Å². The maximum absolute atomic E-state index is 5.39. The van der Waals surface area contributed by atoms with Crippen molar-refractivity contribution in [2.75, 3.05) is 0 Å². The molecule has 2 aromatic heterocycles. The Kier molecular flexibility index (Phi) is 3.38. The molecular formula is C12H20N4S. The molecule has 0 saturated carbocycles. The molecule has 0 unspecified atom stereocenters. The highest BCUT2D eigenvalue weighted by Crippen LogP contribution is 2.19.